The molecule has 1 aromatic rings. The first-order chi connectivity index (χ1) is 8.78. The summed E-state index contributed by atoms with van der Waals surface area (Å²) in [5, 5.41) is 3.70. The van der Waals surface area contributed by atoms with Gasteiger partial charge in [0.25, 0.3) is 0 Å². The lowest BCUT2D eigenvalue weighted by molar-refractivity contribution is 0.452. The molecule has 0 aliphatic heterocycles. The number of hydrogen-bond acceptors (Lipinski definition) is 1. The zero-order valence-corrected chi connectivity index (χ0v) is 12.9. The van der Waals surface area contributed by atoms with Crippen molar-refractivity contribution in [1.82, 2.24) is 5.32 Å². The predicted molar refractivity (Wildman–Crippen MR) is 81.9 cm³/mol. The van der Waals surface area contributed by atoms with Crippen LogP contribution >= 0.6 is 15.9 Å². The van der Waals surface area contributed by atoms with Gasteiger partial charge in [0.05, 0.1) is 0 Å². The Morgan fingerprint density at radius 2 is 2.00 bits per heavy atom. The second kappa shape index (κ2) is 7.30. The summed E-state index contributed by atoms with van der Waals surface area (Å²) in [6.07, 6.45) is 8.08. The van der Waals surface area contributed by atoms with Gasteiger partial charge in [-0.05, 0) is 55.8 Å². The van der Waals surface area contributed by atoms with Crippen molar-refractivity contribution in [3.63, 3.8) is 0 Å². The van der Waals surface area contributed by atoms with Crippen molar-refractivity contribution >= 4 is 15.9 Å². The van der Waals surface area contributed by atoms with Gasteiger partial charge in [0.15, 0.2) is 0 Å². The Morgan fingerprint density at radius 1 is 1.28 bits per heavy atom. The standard InChI is InChI=1S/C16H24BrN/c1-2-11-18-16(10-7-13-3-4-13)12-14-5-8-15(17)9-6-14/h5-6,8-9,13,16,18H,2-4,7,10-12H2,1H3. The third-order valence-electron chi connectivity index (χ3n) is 3.70. The Bertz CT molecular complexity index is 343. The van der Waals surface area contributed by atoms with E-state index in [0.717, 1.165) is 12.5 Å². The quantitative estimate of drug-likeness (QED) is 0.743. The fourth-order valence-electron chi connectivity index (χ4n) is 2.37. The normalized spacial score (nSPS) is 16.8. The average Bonchev–Trinajstić information content (AvgIpc) is 3.19. The predicted octanol–water partition coefficient (Wildman–Crippen LogP) is 4.55. The first-order valence-electron chi connectivity index (χ1n) is 7.25. The molecule has 0 heterocycles. The van der Waals surface area contributed by atoms with Crippen LogP contribution in [0.1, 0.15) is 44.6 Å². The van der Waals surface area contributed by atoms with E-state index in [1.807, 2.05) is 0 Å². The van der Waals surface area contributed by atoms with Gasteiger partial charge in [-0.3, -0.25) is 0 Å². The SMILES string of the molecule is CCCNC(CCC1CC1)Cc1ccc(Br)cc1. The third-order valence-corrected chi connectivity index (χ3v) is 4.23. The van der Waals surface area contributed by atoms with E-state index in [1.54, 1.807) is 0 Å². The Labute approximate surface area is 119 Å². The first-order valence-corrected chi connectivity index (χ1v) is 8.05. The van der Waals surface area contributed by atoms with Crippen molar-refractivity contribution in [2.45, 2.75) is 51.5 Å². The Morgan fingerprint density at radius 3 is 2.61 bits per heavy atom. The molecule has 2 rings (SSSR count). The first kappa shape index (κ1) is 14.1. The lowest BCUT2D eigenvalue weighted by atomic mass is 10.0. The molecular weight excluding hydrogens is 286 g/mol. The Kier molecular flexibility index (Phi) is 5.71. The highest BCUT2D eigenvalue weighted by Gasteiger charge is 2.22. The second-order valence-corrected chi connectivity index (χ2v) is 6.42. The summed E-state index contributed by atoms with van der Waals surface area (Å²) in [7, 11) is 0. The summed E-state index contributed by atoms with van der Waals surface area (Å²) >= 11 is 3.50. The van der Waals surface area contributed by atoms with Crippen molar-refractivity contribution in [3.8, 4) is 0 Å². The van der Waals surface area contributed by atoms with Crippen molar-refractivity contribution in [2.24, 2.45) is 5.92 Å². The van der Waals surface area contributed by atoms with Crippen molar-refractivity contribution in [1.29, 1.82) is 0 Å². The van der Waals surface area contributed by atoms with Crippen LogP contribution in [0.15, 0.2) is 28.7 Å². The lowest BCUT2D eigenvalue weighted by Crippen LogP contribution is -2.31. The minimum Gasteiger partial charge on any atom is -0.314 e. The maximum Gasteiger partial charge on any atom is 0.0175 e. The van der Waals surface area contributed by atoms with Crippen LogP contribution in [0.5, 0.6) is 0 Å². The van der Waals surface area contributed by atoms with Gasteiger partial charge in [-0.25, -0.2) is 0 Å². The fraction of sp³-hybridized carbons (Fsp3) is 0.625. The Balaban J connectivity index is 1.83. The van der Waals surface area contributed by atoms with Gasteiger partial charge < -0.3 is 5.32 Å². The van der Waals surface area contributed by atoms with Gasteiger partial charge in [-0.1, -0.05) is 47.8 Å². The summed E-state index contributed by atoms with van der Waals surface area (Å²) in [5.41, 5.74) is 1.45. The van der Waals surface area contributed by atoms with Gasteiger partial charge in [0, 0.05) is 10.5 Å². The molecule has 1 fully saturated rings. The van der Waals surface area contributed by atoms with E-state index < -0.39 is 0 Å². The number of rotatable bonds is 8. The zero-order chi connectivity index (χ0) is 12.8. The van der Waals surface area contributed by atoms with E-state index in [-0.39, 0.29) is 0 Å². The molecule has 0 amide bonds. The van der Waals surface area contributed by atoms with E-state index >= 15 is 0 Å². The summed E-state index contributed by atoms with van der Waals surface area (Å²) in [6.45, 7) is 3.39. The smallest absolute Gasteiger partial charge is 0.0175 e. The maximum atomic E-state index is 3.70. The number of benzene rings is 1. The molecular formula is C16H24BrN. The summed E-state index contributed by atoms with van der Waals surface area (Å²) < 4.78 is 1.17. The van der Waals surface area contributed by atoms with Crippen molar-refractivity contribution in [3.05, 3.63) is 34.3 Å². The summed E-state index contributed by atoms with van der Waals surface area (Å²) in [6, 6.07) is 9.43. The zero-order valence-electron chi connectivity index (χ0n) is 11.3. The van der Waals surface area contributed by atoms with Crippen LogP contribution in [0.4, 0.5) is 0 Å². The molecule has 0 saturated heterocycles. The van der Waals surface area contributed by atoms with E-state index in [1.165, 1.54) is 48.6 Å². The monoisotopic (exact) mass is 309 g/mol. The van der Waals surface area contributed by atoms with Gasteiger partial charge in [-0.2, -0.15) is 0 Å². The van der Waals surface area contributed by atoms with Crippen LogP contribution in [0.2, 0.25) is 0 Å². The molecule has 1 unspecified atom stereocenters. The van der Waals surface area contributed by atoms with E-state index in [4.69, 9.17) is 0 Å². The number of hydrogen-bond donors (Lipinski definition) is 1. The highest BCUT2D eigenvalue weighted by molar-refractivity contribution is 9.10. The molecule has 2 heteroatoms. The molecule has 1 aliphatic rings. The highest BCUT2D eigenvalue weighted by Crippen LogP contribution is 2.34. The minimum atomic E-state index is 0.659. The Hall–Kier alpha value is -0.340. The molecule has 100 valence electrons. The topological polar surface area (TPSA) is 12.0 Å². The molecule has 1 atom stereocenters. The lowest BCUT2D eigenvalue weighted by Gasteiger charge is -2.18. The van der Waals surface area contributed by atoms with E-state index in [9.17, 15) is 0 Å². The van der Waals surface area contributed by atoms with Gasteiger partial charge in [-0.15, -0.1) is 0 Å². The highest BCUT2D eigenvalue weighted by atomic mass is 79.9. The van der Waals surface area contributed by atoms with Crippen LogP contribution in [-0.4, -0.2) is 12.6 Å². The second-order valence-electron chi connectivity index (χ2n) is 5.50. The fourth-order valence-corrected chi connectivity index (χ4v) is 2.64. The molecule has 1 aliphatic carbocycles. The van der Waals surface area contributed by atoms with Gasteiger partial charge >= 0.3 is 0 Å². The van der Waals surface area contributed by atoms with Crippen LogP contribution in [0, 0.1) is 5.92 Å². The van der Waals surface area contributed by atoms with Crippen LogP contribution in [-0.2, 0) is 6.42 Å². The molecule has 0 bridgehead atoms. The van der Waals surface area contributed by atoms with Gasteiger partial charge in [0.1, 0.15) is 0 Å². The van der Waals surface area contributed by atoms with Crippen LogP contribution in [0.25, 0.3) is 0 Å². The largest absolute Gasteiger partial charge is 0.314 e. The number of nitrogens with one attached hydrogen (secondary N) is 1. The van der Waals surface area contributed by atoms with E-state index in [2.05, 4.69) is 52.4 Å². The van der Waals surface area contributed by atoms with Crippen LogP contribution < -0.4 is 5.32 Å². The molecule has 0 aromatic heterocycles. The average molecular weight is 310 g/mol. The van der Waals surface area contributed by atoms with Crippen LogP contribution in [0.3, 0.4) is 0 Å². The minimum absolute atomic E-state index is 0.659. The maximum absolute atomic E-state index is 3.70. The molecule has 1 aromatic carbocycles. The summed E-state index contributed by atoms with van der Waals surface area (Å²) in [5.74, 6) is 1.04. The molecule has 18 heavy (non-hydrogen) atoms. The molecule has 1 N–H and O–H groups in total. The van der Waals surface area contributed by atoms with Gasteiger partial charge in [0.2, 0.25) is 0 Å². The van der Waals surface area contributed by atoms with Crippen molar-refractivity contribution in [2.75, 3.05) is 6.54 Å². The molecule has 1 nitrogen and oxygen atoms in total. The third kappa shape index (κ3) is 5.11. The number of halogens is 1. The van der Waals surface area contributed by atoms with E-state index in [0.29, 0.717) is 6.04 Å². The summed E-state index contributed by atoms with van der Waals surface area (Å²) in [4.78, 5) is 0. The molecule has 0 radical (unpaired) electrons. The molecule has 1 saturated carbocycles. The molecule has 0 spiro atoms. The van der Waals surface area contributed by atoms with Crippen molar-refractivity contribution < 1.29 is 0 Å².